The topological polar surface area (TPSA) is 155 Å². The minimum atomic E-state index is -0.455. The van der Waals surface area contributed by atoms with Crippen LogP contribution >= 0.6 is 0 Å². The molecule has 1 aliphatic heterocycles. The predicted molar refractivity (Wildman–Crippen MR) is 183 cm³/mol. The van der Waals surface area contributed by atoms with Gasteiger partial charge >= 0.3 is 0 Å². The van der Waals surface area contributed by atoms with Crippen LogP contribution in [0.2, 0.25) is 0 Å². The molecule has 0 aromatic heterocycles. The molecular formula is C36H43N7O3. The number of hydrogen-bond donors (Lipinski definition) is 5. The highest BCUT2D eigenvalue weighted by Gasteiger charge is 2.30. The zero-order chi connectivity index (χ0) is 32.6. The summed E-state index contributed by atoms with van der Waals surface area (Å²) in [6, 6.07) is 34.0. The van der Waals surface area contributed by atoms with Gasteiger partial charge in [-0.25, -0.2) is 0 Å². The first-order chi connectivity index (χ1) is 22.4. The second kappa shape index (κ2) is 17.9. The lowest BCUT2D eigenvalue weighted by atomic mass is 10.1. The molecule has 10 heteroatoms. The third-order valence-electron chi connectivity index (χ3n) is 7.63. The lowest BCUT2D eigenvalue weighted by Gasteiger charge is -2.25. The maximum Gasteiger partial charge on any atom is 0.251 e. The van der Waals surface area contributed by atoms with Crippen LogP contribution in [-0.4, -0.2) is 73.4 Å². The van der Waals surface area contributed by atoms with Crippen LogP contribution in [0.15, 0.2) is 114 Å². The largest absolute Gasteiger partial charge is 0.370 e. The molecule has 4 aromatic carbocycles. The lowest BCUT2D eigenvalue weighted by molar-refractivity contribution is -0.132. The number of nitrogens with zero attached hydrogens (tertiary/aromatic N) is 2. The van der Waals surface area contributed by atoms with Crippen LogP contribution in [0.25, 0.3) is 10.8 Å². The molecular weight excluding hydrogens is 578 g/mol. The molecule has 0 spiro atoms. The van der Waals surface area contributed by atoms with Crippen molar-refractivity contribution in [3.63, 3.8) is 0 Å². The third kappa shape index (κ3) is 10.7. The first-order valence-electron chi connectivity index (χ1n) is 15.6. The molecule has 240 valence electrons. The quantitative estimate of drug-likeness (QED) is 0.0984. The van der Waals surface area contributed by atoms with Crippen molar-refractivity contribution in [3.05, 3.63) is 120 Å². The number of nitrogens with two attached hydrogens (primary N) is 2. The maximum absolute atomic E-state index is 13.4. The summed E-state index contributed by atoms with van der Waals surface area (Å²) in [6.07, 6.45) is 1.81. The van der Waals surface area contributed by atoms with E-state index in [2.05, 4.69) is 20.9 Å². The van der Waals surface area contributed by atoms with Gasteiger partial charge in [0.15, 0.2) is 5.96 Å². The van der Waals surface area contributed by atoms with Crippen LogP contribution < -0.4 is 27.4 Å². The third-order valence-corrected chi connectivity index (χ3v) is 7.63. The number of guanidine groups is 1. The Labute approximate surface area is 270 Å². The van der Waals surface area contributed by atoms with Gasteiger partial charge in [-0.2, -0.15) is 0 Å². The van der Waals surface area contributed by atoms with Gasteiger partial charge in [-0.05, 0) is 54.3 Å². The van der Waals surface area contributed by atoms with E-state index in [-0.39, 0.29) is 29.7 Å². The average molecular weight is 622 g/mol. The van der Waals surface area contributed by atoms with E-state index in [9.17, 15) is 14.4 Å². The summed E-state index contributed by atoms with van der Waals surface area (Å²) in [5, 5.41) is 11.4. The zero-order valence-electron chi connectivity index (χ0n) is 26.0. The first-order valence-corrected chi connectivity index (χ1v) is 15.6. The lowest BCUT2D eigenvalue weighted by Crippen LogP contribution is -2.49. The summed E-state index contributed by atoms with van der Waals surface area (Å²) in [7, 11) is 0. The number of aliphatic imine (C=N–C) groups is 1. The van der Waals surface area contributed by atoms with Gasteiger partial charge in [0.2, 0.25) is 5.91 Å². The number of benzene rings is 4. The highest BCUT2D eigenvalue weighted by atomic mass is 16.2. The fourth-order valence-electron chi connectivity index (χ4n) is 5.20. The average Bonchev–Trinajstić information content (AvgIpc) is 3.24. The van der Waals surface area contributed by atoms with E-state index in [4.69, 9.17) is 11.5 Å². The summed E-state index contributed by atoms with van der Waals surface area (Å²) in [6.45, 7) is 2.03. The summed E-state index contributed by atoms with van der Waals surface area (Å²) < 4.78 is 0. The number of nitrogens with one attached hydrogen (secondary N) is 3. The van der Waals surface area contributed by atoms with E-state index in [1.54, 1.807) is 17.0 Å². The van der Waals surface area contributed by atoms with Crippen LogP contribution in [0, 0.1) is 0 Å². The van der Waals surface area contributed by atoms with Crippen molar-refractivity contribution < 1.29 is 14.4 Å². The minimum absolute atomic E-state index is 0.0187. The standard InChI is InChI=1S/C30H37N7O3.C6H6/c31-30(32)34-15-6-11-26-29(40)37(18-16-33-27(38)22-8-2-1-3-9-22)17-14-25(36-26)20-35-28(39)24-13-12-21-7-4-5-10-23(21)19-24;1-2-4-6-5-3-1/h1-5,7-10,12-13,19,25-26,36H,6,11,14-18,20H2,(H,33,38)(H,35,39)(H4,31,32,34);1-6H. The van der Waals surface area contributed by atoms with Gasteiger partial charge in [0, 0.05) is 49.9 Å². The molecule has 1 fully saturated rings. The minimum Gasteiger partial charge on any atom is -0.370 e. The molecule has 0 aliphatic carbocycles. The second-order valence-corrected chi connectivity index (χ2v) is 11.0. The molecule has 5 rings (SSSR count). The normalized spacial score (nSPS) is 16.0. The molecule has 1 aliphatic rings. The molecule has 2 unspecified atom stereocenters. The molecule has 46 heavy (non-hydrogen) atoms. The van der Waals surface area contributed by atoms with Gasteiger partial charge in [-0.1, -0.05) is 84.9 Å². The van der Waals surface area contributed by atoms with Gasteiger partial charge in [0.05, 0.1) is 6.04 Å². The number of rotatable bonds is 11. The van der Waals surface area contributed by atoms with Gasteiger partial charge in [0.25, 0.3) is 11.8 Å². The zero-order valence-corrected chi connectivity index (χ0v) is 26.0. The van der Waals surface area contributed by atoms with Crippen LogP contribution in [0.3, 0.4) is 0 Å². The number of amides is 3. The number of hydrogen-bond acceptors (Lipinski definition) is 5. The Bertz CT molecular complexity index is 1550. The Kier molecular flexibility index (Phi) is 13.1. The summed E-state index contributed by atoms with van der Waals surface area (Å²) >= 11 is 0. The van der Waals surface area contributed by atoms with E-state index in [1.807, 2.05) is 97.1 Å². The van der Waals surface area contributed by atoms with Crippen molar-refractivity contribution in [1.82, 2.24) is 20.9 Å². The van der Waals surface area contributed by atoms with E-state index < -0.39 is 6.04 Å². The molecule has 0 bridgehead atoms. The predicted octanol–water partition coefficient (Wildman–Crippen LogP) is 3.30. The van der Waals surface area contributed by atoms with Crippen LogP contribution in [0.5, 0.6) is 0 Å². The van der Waals surface area contributed by atoms with Crippen LogP contribution in [0.1, 0.15) is 40.0 Å². The van der Waals surface area contributed by atoms with Gasteiger partial charge < -0.3 is 32.3 Å². The summed E-state index contributed by atoms with van der Waals surface area (Å²) in [5.74, 6) is -0.357. The fourth-order valence-corrected chi connectivity index (χ4v) is 5.20. The molecule has 1 saturated heterocycles. The Morgan fingerprint density at radius 3 is 2.13 bits per heavy atom. The van der Waals surface area contributed by atoms with Crippen molar-refractivity contribution in [2.24, 2.45) is 16.5 Å². The Hall–Kier alpha value is -5.22. The number of fused-ring (bicyclic) bond motifs is 1. The highest BCUT2D eigenvalue weighted by molar-refractivity contribution is 5.98. The second-order valence-electron chi connectivity index (χ2n) is 11.0. The molecule has 0 saturated carbocycles. The molecule has 3 amide bonds. The van der Waals surface area contributed by atoms with Crippen LogP contribution in [0.4, 0.5) is 0 Å². The molecule has 7 N–H and O–H groups in total. The smallest absolute Gasteiger partial charge is 0.251 e. The SMILES string of the molecule is NC(N)=NCCCC1NC(CNC(=O)c2ccc3ccccc3c2)CCN(CCNC(=O)c2ccccc2)C1=O.c1ccccc1. The summed E-state index contributed by atoms with van der Waals surface area (Å²) in [5.41, 5.74) is 12.0. The van der Waals surface area contributed by atoms with E-state index in [0.717, 1.165) is 10.8 Å². The Balaban J connectivity index is 0.000000717. The monoisotopic (exact) mass is 621 g/mol. The molecule has 4 aromatic rings. The number of carbonyl (C=O) groups is 3. The van der Waals surface area contributed by atoms with E-state index in [0.29, 0.717) is 63.1 Å². The van der Waals surface area contributed by atoms with Crippen molar-refractivity contribution in [2.75, 3.05) is 32.7 Å². The molecule has 0 radical (unpaired) electrons. The maximum atomic E-state index is 13.4. The van der Waals surface area contributed by atoms with Crippen molar-refractivity contribution in [3.8, 4) is 0 Å². The van der Waals surface area contributed by atoms with Gasteiger partial charge in [-0.15, -0.1) is 0 Å². The first kappa shape index (κ1) is 33.7. The Morgan fingerprint density at radius 1 is 0.804 bits per heavy atom. The molecule has 1 heterocycles. The van der Waals surface area contributed by atoms with Crippen molar-refractivity contribution >= 4 is 34.5 Å². The molecule has 10 nitrogen and oxygen atoms in total. The fraction of sp³-hybridized carbons (Fsp3) is 0.278. The van der Waals surface area contributed by atoms with E-state index >= 15 is 0 Å². The summed E-state index contributed by atoms with van der Waals surface area (Å²) in [4.78, 5) is 44.6. The van der Waals surface area contributed by atoms with Crippen molar-refractivity contribution in [2.45, 2.75) is 31.3 Å². The Morgan fingerprint density at radius 2 is 1.43 bits per heavy atom. The van der Waals surface area contributed by atoms with Gasteiger partial charge in [0.1, 0.15) is 0 Å². The van der Waals surface area contributed by atoms with Crippen molar-refractivity contribution in [1.29, 1.82) is 0 Å². The highest BCUT2D eigenvalue weighted by Crippen LogP contribution is 2.16. The van der Waals surface area contributed by atoms with E-state index in [1.165, 1.54) is 0 Å². The number of carbonyl (C=O) groups excluding carboxylic acids is 3. The molecule has 2 atom stereocenters. The van der Waals surface area contributed by atoms with Crippen LogP contribution in [-0.2, 0) is 4.79 Å². The van der Waals surface area contributed by atoms with Gasteiger partial charge in [-0.3, -0.25) is 19.4 Å².